The molecule has 1 aromatic rings. The lowest BCUT2D eigenvalue weighted by molar-refractivity contribution is 0.218. The Labute approximate surface area is 94.8 Å². The van der Waals surface area contributed by atoms with Crippen molar-refractivity contribution in [3.05, 3.63) is 29.6 Å². The van der Waals surface area contributed by atoms with Gasteiger partial charge in [0.15, 0.2) is 9.84 Å². The number of aliphatic hydroxyl groups excluding tert-OH is 1. The van der Waals surface area contributed by atoms with Crippen LogP contribution >= 0.6 is 0 Å². The fraction of sp³-hybridized carbons (Fsp3) is 0.455. The van der Waals surface area contributed by atoms with Crippen LogP contribution in [0.4, 0.5) is 4.39 Å². The molecule has 0 atom stereocenters. The van der Waals surface area contributed by atoms with Crippen molar-refractivity contribution in [3.63, 3.8) is 0 Å². The molecule has 1 rings (SSSR count). The third kappa shape index (κ3) is 2.80. The maximum atomic E-state index is 13.3. The zero-order chi connectivity index (χ0) is 12.6. The Kier molecular flexibility index (Phi) is 3.40. The molecule has 0 aliphatic heterocycles. The van der Waals surface area contributed by atoms with Gasteiger partial charge < -0.3 is 5.11 Å². The van der Waals surface area contributed by atoms with E-state index in [4.69, 9.17) is 5.11 Å². The van der Waals surface area contributed by atoms with Crippen molar-refractivity contribution in [2.75, 3.05) is 12.9 Å². The predicted octanol–water partition coefficient (Wildman–Crippen LogP) is 1.50. The Bertz CT molecular complexity index is 492. The highest BCUT2D eigenvalue weighted by Crippen LogP contribution is 2.26. The molecule has 0 fully saturated rings. The molecule has 90 valence electrons. The highest BCUT2D eigenvalue weighted by molar-refractivity contribution is 7.90. The van der Waals surface area contributed by atoms with E-state index in [2.05, 4.69) is 0 Å². The number of hydrogen-bond acceptors (Lipinski definition) is 3. The molecule has 0 aliphatic carbocycles. The third-order valence-electron chi connectivity index (χ3n) is 2.48. The highest BCUT2D eigenvalue weighted by Gasteiger charge is 2.22. The maximum Gasteiger partial charge on any atom is 0.175 e. The zero-order valence-electron chi connectivity index (χ0n) is 9.49. The van der Waals surface area contributed by atoms with Gasteiger partial charge in [0, 0.05) is 11.7 Å². The van der Waals surface area contributed by atoms with E-state index in [0.717, 1.165) is 12.3 Å². The minimum absolute atomic E-state index is 0.0657. The molecule has 0 aromatic heterocycles. The second-order valence-corrected chi connectivity index (χ2v) is 6.51. The molecule has 0 radical (unpaired) electrons. The summed E-state index contributed by atoms with van der Waals surface area (Å²) in [5.74, 6) is -0.612. The van der Waals surface area contributed by atoms with Gasteiger partial charge in [0.1, 0.15) is 5.82 Å². The molecule has 0 amide bonds. The summed E-state index contributed by atoms with van der Waals surface area (Å²) in [4.78, 5) is -0.0657. The topological polar surface area (TPSA) is 54.4 Å². The van der Waals surface area contributed by atoms with E-state index in [0.29, 0.717) is 5.56 Å². The van der Waals surface area contributed by atoms with Gasteiger partial charge in [-0.05, 0) is 23.8 Å². The molecule has 5 heteroatoms. The number of benzene rings is 1. The lowest BCUT2D eigenvalue weighted by Crippen LogP contribution is -2.22. The minimum Gasteiger partial charge on any atom is -0.395 e. The van der Waals surface area contributed by atoms with Crippen LogP contribution in [-0.2, 0) is 15.3 Å². The molecule has 0 bridgehead atoms. The first kappa shape index (κ1) is 13.1. The van der Waals surface area contributed by atoms with Gasteiger partial charge in [0.05, 0.1) is 11.5 Å². The fourth-order valence-electron chi connectivity index (χ4n) is 1.26. The summed E-state index contributed by atoms with van der Waals surface area (Å²) in [5.41, 5.74) is -0.197. The van der Waals surface area contributed by atoms with E-state index in [1.165, 1.54) is 12.1 Å². The quantitative estimate of drug-likeness (QED) is 0.879. The summed E-state index contributed by atoms with van der Waals surface area (Å²) in [6, 6.07) is 3.62. The van der Waals surface area contributed by atoms with Crippen LogP contribution in [-0.4, -0.2) is 26.4 Å². The standard InChI is InChI=1S/C11H15FO3S/c1-11(2,7-13)8-4-9(12)6-10(5-8)16(3,14)15/h4-6,13H,7H2,1-3H3. The van der Waals surface area contributed by atoms with E-state index in [1.54, 1.807) is 13.8 Å². The van der Waals surface area contributed by atoms with E-state index < -0.39 is 21.1 Å². The van der Waals surface area contributed by atoms with E-state index in [1.807, 2.05) is 0 Å². The first-order valence-electron chi connectivity index (χ1n) is 4.79. The molecule has 0 aliphatic rings. The first-order valence-corrected chi connectivity index (χ1v) is 6.68. The molecule has 0 saturated heterocycles. The van der Waals surface area contributed by atoms with E-state index in [9.17, 15) is 12.8 Å². The van der Waals surface area contributed by atoms with Crippen LogP contribution in [0.5, 0.6) is 0 Å². The fourth-order valence-corrected chi connectivity index (χ4v) is 1.93. The van der Waals surface area contributed by atoms with Crippen LogP contribution in [0.3, 0.4) is 0 Å². The van der Waals surface area contributed by atoms with E-state index >= 15 is 0 Å². The van der Waals surface area contributed by atoms with Crippen LogP contribution in [0.2, 0.25) is 0 Å². The number of hydrogen-bond donors (Lipinski definition) is 1. The minimum atomic E-state index is -3.44. The number of sulfone groups is 1. The van der Waals surface area contributed by atoms with Gasteiger partial charge >= 0.3 is 0 Å². The van der Waals surface area contributed by atoms with Gasteiger partial charge in [-0.15, -0.1) is 0 Å². The molecule has 16 heavy (non-hydrogen) atoms. The van der Waals surface area contributed by atoms with Crippen LogP contribution < -0.4 is 0 Å². The average molecular weight is 246 g/mol. The predicted molar refractivity (Wildman–Crippen MR) is 59.6 cm³/mol. The lowest BCUT2D eigenvalue weighted by Gasteiger charge is -2.22. The molecule has 1 N–H and O–H groups in total. The normalized spacial score (nSPS) is 12.8. The molecule has 1 aromatic carbocycles. The molecule has 0 saturated carbocycles. The van der Waals surface area contributed by atoms with Gasteiger partial charge in [-0.2, -0.15) is 0 Å². The molecular formula is C11H15FO3S. The SMILES string of the molecule is CC(C)(CO)c1cc(F)cc(S(C)(=O)=O)c1. The second-order valence-electron chi connectivity index (χ2n) is 4.49. The zero-order valence-corrected chi connectivity index (χ0v) is 10.3. The molecule has 0 heterocycles. The van der Waals surface area contributed by atoms with Gasteiger partial charge in [-0.3, -0.25) is 0 Å². The number of rotatable bonds is 3. The Morgan fingerprint density at radius 3 is 2.31 bits per heavy atom. The molecule has 0 spiro atoms. The van der Waals surface area contributed by atoms with Gasteiger partial charge in [0.25, 0.3) is 0 Å². The lowest BCUT2D eigenvalue weighted by atomic mass is 9.86. The van der Waals surface area contributed by atoms with Crippen molar-refractivity contribution in [2.24, 2.45) is 0 Å². The Hall–Kier alpha value is -0.940. The van der Waals surface area contributed by atoms with Gasteiger partial charge in [0.2, 0.25) is 0 Å². The van der Waals surface area contributed by atoms with Crippen molar-refractivity contribution in [1.82, 2.24) is 0 Å². The maximum absolute atomic E-state index is 13.3. The van der Waals surface area contributed by atoms with Crippen LogP contribution in [0.15, 0.2) is 23.1 Å². The smallest absolute Gasteiger partial charge is 0.175 e. The van der Waals surface area contributed by atoms with Crippen LogP contribution in [0, 0.1) is 5.82 Å². The summed E-state index contributed by atoms with van der Waals surface area (Å²) in [7, 11) is -3.44. The third-order valence-corrected chi connectivity index (χ3v) is 3.57. The molecule has 3 nitrogen and oxygen atoms in total. The second kappa shape index (κ2) is 4.14. The summed E-state index contributed by atoms with van der Waals surface area (Å²) < 4.78 is 35.9. The molecular weight excluding hydrogens is 231 g/mol. The largest absolute Gasteiger partial charge is 0.395 e. The van der Waals surface area contributed by atoms with Crippen LogP contribution in [0.25, 0.3) is 0 Å². The van der Waals surface area contributed by atoms with Crippen molar-refractivity contribution in [2.45, 2.75) is 24.2 Å². The number of aliphatic hydroxyl groups is 1. The van der Waals surface area contributed by atoms with Gasteiger partial charge in [-0.1, -0.05) is 13.8 Å². The molecule has 0 unspecified atom stereocenters. The summed E-state index contributed by atoms with van der Waals surface area (Å²) in [6.07, 6.45) is 1.03. The average Bonchev–Trinajstić information content (AvgIpc) is 2.15. The highest BCUT2D eigenvalue weighted by atomic mass is 32.2. The van der Waals surface area contributed by atoms with Gasteiger partial charge in [-0.25, -0.2) is 12.8 Å². The summed E-state index contributed by atoms with van der Waals surface area (Å²) >= 11 is 0. The van der Waals surface area contributed by atoms with Crippen molar-refractivity contribution < 1.29 is 17.9 Å². The Morgan fingerprint density at radius 2 is 1.88 bits per heavy atom. The van der Waals surface area contributed by atoms with Crippen molar-refractivity contribution >= 4 is 9.84 Å². The Balaban J connectivity index is 3.41. The summed E-state index contributed by atoms with van der Waals surface area (Å²) in [6.45, 7) is 3.25. The van der Waals surface area contributed by atoms with E-state index in [-0.39, 0.29) is 11.5 Å². The monoisotopic (exact) mass is 246 g/mol. The van der Waals surface area contributed by atoms with Crippen molar-refractivity contribution in [1.29, 1.82) is 0 Å². The number of halogens is 1. The Morgan fingerprint density at radius 1 is 1.31 bits per heavy atom. The first-order chi connectivity index (χ1) is 7.16. The van der Waals surface area contributed by atoms with Crippen LogP contribution in [0.1, 0.15) is 19.4 Å². The summed E-state index contributed by atoms with van der Waals surface area (Å²) in [5, 5.41) is 9.16. The van der Waals surface area contributed by atoms with Crippen molar-refractivity contribution in [3.8, 4) is 0 Å².